The minimum absolute atomic E-state index is 0.0897. The molecular weight excluding hydrogens is 370 g/mol. The van der Waals surface area contributed by atoms with Gasteiger partial charge in [-0.1, -0.05) is 64.5 Å². The summed E-state index contributed by atoms with van der Waals surface area (Å²) in [7, 11) is -4.85. The Morgan fingerprint density at radius 3 is 2.58 bits per heavy atom. The first-order valence-electron chi connectivity index (χ1n) is 9.87. The first-order chi connectivity index (χ1) is 12.2. The third-order valence-corrected chi connectivity index (χ3v) is 7.50. The molecule has 0 saturated heterocycles. The third-order valence-electron chi connectivity index (χ3n) is 5.74. The molecule has 1 aliphatic rings. The van der Waals surface area contributed by atoms with Crippen molar-refractivity contribution in [3.8, 4) is 0 Å². The zero-order valence-electron chi connectivity index (χ0n) is 16.9. The van der Waals surface area contributed by atoms with Gasteiger partial charge in [0.15, 0.2) is 0 Å². The predicted molar refractivity (Wildman–Crippen MR) is 111 cm³/mol. The lowest BCUT2D eigenvalue weighted by molar-refractivity contribution is 0.187. The zero-order valence-corrected chi connectivity index (χ0v) is 18.8. The molecule has 1 aliphatic carbocycles. The van der Waals surface area contributed by atoms with Crippen LogP contribution in [0.4, 0.5) is 0 Å². The Morgan fingerprint density at radius 1 is 1.19 bits per heavy atom. The van der Waals surface area contributed by atoms with E-state index >= 15 is 0 Å². The highest BCUT2D eigenvalue weighted by Gasteiger charge is 2.39. The van der Waals surface area contributed by atoms with Crippen LogP contribution in [0.15, 0.2) is 11.6 Å². The van der Waals surface area contributed by atoms with Gasteiger partial charge in [0, 0.05) is 0 Å². The Bertz CT molecular complexity index is 426. The first kappa shape index (κ1) is 24.4. The first-order valence-corrected chi connectivity index (χ1v) is 12.3. The van der Waals surface area contributed by atoms with Crippen LogP contribution in [0.1, 0.15) is 85.5 Å². The van der Waals surface area contributed by atoms with E-state index in [4.69, 9.17) is 9.42 Å². The fourth-order valence-electron chi connectivity index (χ4n) is 3.86. The summed E-state index contributed by atoms with van der Waals surface area (Å²) < 4.78 is 9.31. The summed E-state index contributed by atoms with van der Waals surface area (Å²) in [6.45, 7) is 9.38. The molecule has 0 amide bonds. The van der Waals surface area contributed by atoms with Crippen molar-refractivity contribution in [1.82, 2.24) is 0 Å². The molecule has 0 aromatic heterocycles. The second-order valence-electron chi connectivity index (χ2n) is 8.60. The Kier molecular flexibility index (Phi) is 11.3. The van der Waals surface area contributed by atoms with Crippen LogP contribution in [0.25, 0.3) is 0 Å². The fraction of sp³-hybridized carbons (Fsp3) is 0.895. The van der Waals surface area contributed by atoms with Crippen molar-refractivity contribution in [2.24, 2.45) is 17.3 Å². The van der Waals surface area contributed by atoms with E-state index < -0.39 is 17.2 Å². The number of rotatable bonds is 8. The molecule has 0 aromatic rings. The predicted octanol–water partition coefficient (Wildman–Crippen LogP) is 5.93. The summed E-state index contributed by atoms with van der Waals surface area (Å²) in [5, 5.41) is 0. The standard InChI is InChI=1S/C19H39O5P2/c1-16(12-15-23-26(21,22)24-25-20)10-11-18-9-5-6-13-19(3,4)14-7-8-17(18)2/h12,17-18,20-22,25H,5-11,13-15H2,1-4H3/q+1/b16-12+. The minimum atomic E-state index is -3.87. The highest BCUT2D eigenvalue weighted by atomic mass is 31.3. The molecule has 1 fully saturated rings. The van der Waals surface area contributed by atoms with Crippen LogP contribution < -0.4 is 0 Å². The van der Waals surface area contributed by atoms with E-state index in [1.54, 1.807) is 0 Å². The molecule has 3 atom stereocenters. The van der Waals surface area contributed by atoms with Crippen molar-refractivity contribution in [3.63, 3.8) is 0 Å². The minimum Gasteiger partial charge on any atom is -0.349 e. The Labute approximate surface area is 162 Å². The van der Waals surface area contributed by atoms with Gasteiger partial charge in [-0.2, -0.15) is 9.79 Å². The van der Waals surface area contributed by atoms with E-state index in [2.05, 4.69) is 32.0 Å². The summed E-state index contributed by atoms with van der Waals surface area (Å²) in [5.74, 6) is 1.53. The van der Waals surface area contributed by atoms with Crippen molar-refractivity contribution in [2.75, 3.05) is 6.61 Å². The van der Waals surface area contributed by atoms with Gasteiger partial charge in [0.2, 0.25) is 9.03 Å². The molecule has 154 valence electrons. The van der Waals surface area contributed by atoms with Crippen molar-refractivity contribution >= 4 is 17.2 Å². The molecule has 0 aromatic carbocycles. The van der Waals surface area contributed by atoms with Gasteiger partial charge in [-0.15, -0.1) is 8.83 Å². The lowest BCUT2D eigenvalue weighted by atomic mass is 9.75. The van der Waals surface area contributed by atoms with Gasteiger partial charge in [0.05, 0.1) is 0 Å². The van der Waals surface area contributed by atoms with Gasteiger partial charge in [0.1, 0.15) is 6.61 Å². The topological polar surface area (TPSA) is 79.2 Å². The van der Waals surface area contributed by atoms with Gasteiger partial charge >= 0.3 is 8.17 Å². The Balaban J connectivity index is 2.42. The number of hydrogen-bond acceptors (Lipinski definition) is 5. The maximum Gasteiger partial charge on any atom is 0.575 e. The van der Waals surface area contributed by atoms with E-state index in [0.717, 1.165) is 18.3 Å². The lowest BCUT2D eigenvalue weighted by Gasteiger charge is -2.30. The smallest absolute Gasteiger partial charge is 0.349 e. The van der Waals surface area contributed by atoms with Crippen molar-refractivity contribution in [3.05, 3.63) is 11.6 Å². The van der Waals surface area contributed by atoms with Crippen molar-refractivity contribution < 1.29 is 23.5 Å². The highest BCUT2D eigenvalue weighted by molar-refractivity contribution is 7.59. The lowest BCUT2D eigenvalue weighted by Crippen LogP contribution is -2.17. The maximum atomic E-state index is 9.38. The molecule has 26 heavy (non-hydrogen) atoms. The molecule has 1 saturated carbocycles. The molecule has 3 unspecified atom stereocenters. The molecule has 5 nitrogen and oxygen atoms in total. The van der Waals surface area contributed by atoms with E-state index in [1.807, 2.05) is 6.08 Å². The fourth-order valence-corrected chi connectivity index (χ4v) is 4.76. The SMILES string of the molecule is C/C(=C\CO[P+](O)(O)OPO)CCC1CCCCC(C)(C)CCCC1C. The van der Waals surface area contributed by atoms with Crippen LogP contribution in [0.5, 0.6) is 0 Å². The van der Waals surface area contributed by atoms with Crippen LogP contribution in [-0.2, 0) is 8.83 Å². The summed E-state index contributed by atoms with van der Waals surface area (Å²) in [5.41, 5.74) is 1.70. The Hall–Kier alpha value is 0.400. The average Bonchev–Trinajstić information content (AvgIpc) is 2.53. The van der Waals surface area contributed by atoms with E-state index in [1.165, 1.54) is 56.9 Å². The zero-order chi connectivity index (χ0) is 19.6. The van der Waals surface area contributed by atoms with Gasteiger partial charge in [-0.05, 0) is 49.9 Å². The quantitative estimate of drug-likeness (QED) is 0.342. The maximum absolute atomic E-state index is 9.38. The van der Waals surface area contributed by atoms with Gasteiger partial charge in [-0.25, -0.2) is 0 Å². The van der Waals surface area contributed by atoms with Crippen LogP contribution >= 0.6 is 17.2 Å². The average molecular weight is 409 g/mol. The molecule has 0 heterocycles. The van der Waals surface area contributed by atoms with E-state index in [-0.39, 0.29) is 6.61 Å². The largest absolute Gasteiger partial charge is 0.575 e. The molecule has 0 aliphatic heterocycles. The van der Waals surface area contributed by atoms with E-state index in [9.17, 15) is 9.79 Å². The molecular formula is C19H39O5P2+. The summed E-state index contributed by atoms with van der Waals surface area (Å²) in [6.07, 6.45) is 13.4. The molecule has 1 rings (SSSR count). The molecule has 0 radical (unpaired) electrons. The van der Waals surface area contributed by atoms with Crippen LogP contribution in [0.2, 0.25) is 0 Å². The van der Waals surface area contributed by atoms with Crippen molar-refractivity contribution in [1.29, 1.82) is 0 Å². The van der Waals surface area contributed by atoms with Crippen LogP contribution in [-0.4, -0.2) is 21.3 Å². The molecule has 0 bridgehead atoms. The third kappa shape index (κ3) is 10.7. The van der Waals surface area contributed by atoms with Gasteiger partial charge in [-0.3, -0.25) is 0 Å². The van der Waals surface area contributed by atoms with Crippen molar-refractivity contribution in [2.45, 2.75) is 85.5 Å². The normalized spacial score (nSPS) is 26.3. The second kappa shape index (κ2) is 12.1. The summed E-state index contributed by atoms with van der Waals surface area (Å²) in [6, 6.07) is 0. The molecule has 0 spiro atoms. The molecule has 7 heteroatoms. The summed E-state index contributed by atoms with van der Waals surface area (Å²) in [4.78, 5) is 27.4. The van der Waals surface area contributed by atoms with Gasteiger partial charge < -0.3 is 4.89 Å². The monoisotopic (exact) mass is 409 g/mol. The van der Waals surface area contributed by atoms with Gasteiger partial charge in [0.25, 0.3) is 0 Å². The molecule has 3 N–H and O–H groups in total. The number of allylic oxidation sites excluding steroid dienone is 1. The van der Waals surface area contributed by atoms with E-state index in [0.29, 0.717) is 5.41 Å². The Morgan fingerprint density at radius 2 is 1.88 bits per heavy atom. The highest BCUT2D eigenvalue weighted by Crippen LogP contribution is 2.56. The van der Waals surface area contributed by atoms with Crippen LogP contribution in [0, 0.1) is 17.3 Å². The number of hydrogen-bond donors (Lipinski definition) is 3. The summed E-state index contributed by atoms with van der Waals surface area (Å²) >= 11 is 0. The van der Waals surface area contributed by atoms with Crippen LogP contribution in [0.3, 0.4) is 0 Å². The second-order valence-corrected chi connectivity index (χ2v) is 10.7.